The molecule has 2 N–H and O–H groups in total. The SMILES string of the molecule is Cc1cc(Br)cn2c(CN)c(-c3ccc4ccccc4c3)nc12. The van der Waals surface area contributed by atoms with Crippen molar-refractivity contribution in [3.05, 3.63) is 70.5 Å². The first-order chi connectivity index (χ1) is 11.2. The molecule has 2 aromatic heterocycles. The molecule has 0 radical (unpaired) electrons. The van der Waals surface area contributed by atoms with Gasteiger partial charge in [0, 0.05) is 22.8 Å². The topological polar surface area (TPSA) is 43.3 Å². The number of hydrogen-bond donors (Lipinski definition) is 1. The molecule has 0 aliphatic heterocycles. The van der Waals surface area contributed by atoms with Crippen molar-refractivity contribution in [2.24, 2.45) is 5.73 Å². The van der Waals surface area contributed by atoms with E-state index in [0.29, 0.717) is 6.54 Å². The minimum absolute atomic E-state index is 0.444. The van der Waals surface area contributed by atoms with Crippen LogP contribution < -0.4 is 5.73 Å². The summed E-state index contributed by atoms with van der Waals surface area (Å²) < 4.78 is 3.11. The van der Waals surface area contributed by atoms with Crippen LogP contribution in [0.15, 0.2) is 59.2 Å². The Kier molecular flexibility index (Phi) is 3.43. The van der Waals surface area contributed by atoms with Gasteiger partial charge in [-0.05, 0) is 51.3 Å². The molecule has 0 spiro atoms. The van der Waals surface area contributed by atoms with E-state index in [2.05, 4.69) is 75.8 Å². The molecule has 2 heterocycles. The van der Waals surface area contributed by atoms with Gasteiger partial charge in [0.05, 0.1) is 11.4 Å². The Balaban J connectivity index is 2.01. The second-order valence-corrected chi connectivity index (χ2v) is 6.62. The van der Waals surface area contributed by atoms with Gasteiger partial charge in [0.2, 0.25) is 0 Å². The maximum absolute atomic E-state index is 6.04. The van der Waals surface area contributed by atoms with Gasteiger partial charge >= 0.3 is 0 Å². The predicted molar refractivity (Wildman–Crippen MR) is 98.5 cm³/mol. The number of nitrogens with two attached hydrogens (primary N) is 1. The van der Waals surface area contributed by atoms with Gasteiger partial charge in [-0.1, -0.05) is 36.4 Å². The molecule has 4 heteroatoms. The molecule has 0 aliphatic carbocycles. The largest absolute Gasteiger partial charge is 0.325 e. The van der Waals surface area contributed by atoms with E-state index >= 15 is 0 Å². The number of imidazole rings is 1. The standard InChI is InChI=1S/C19H16BrN3/c1-12-8-16(20)11-23-17(10-21)18(22-19(12)23)15-7-6-13-4-2-3-5-14(13)9-15/h2-9,11H,10,21H2,1H3. The molecule has 0 aliphatic rings. The Labute approximate surface area is 142 Å². The highest BCUT2D eigenvalue weighted by molar-refractivity contribution is 9.10. The first-order valence-corrected chi connectivity index (χ1v) is 8.33. The number of aromatic nitrogens is 2. The summed E-state index contributed by atoms with van der Waals surface area (Å²) in [7, 11) is 0. The van der Waals surface area contributed by atoms with E-state index in [1.54, 1.807) is 0 Å². The predicted octanol–water partition coefficient (Wildman–Crippen LogP) is 4.68. The molecule has 23 heavy (non-hydrogen) atoms. The number of fused-ring (bicyclic) bond motifs is 2. The molecular weight excluding hydrogens is 350 g/mol. The zero-order valence-corrected chi connectivity index (χ0v) is 14.3. The lowest BCUT2D eigenvalue weighted by molar-refractivity contribution is 0.956. The van der Waals surface area contributed by atoms with Gasteiger partial charge in [-0.2, -0.15) is 0 Å². The Hall–Kier alpha value is -2.17. The van der Waals surface area contributed by atoms with Crippen molar-refractivity contribution >= 4 is 32.3 Å². The van der Waals surface area contributed by atoms with Crippen molar-refractivity contribution in [1.82, 2.24) is 9.38 Å². The van der Waals surface area contributed by atoms with E-state index in [0.717, 1.165) is 32.6 Å². The van der Waals surface area contributed by atoms with Crippen LogP contribution in [-0.2, 0) is 6.54 Å². The Morgan fingerprint density at radius 1 is 1.09 bits per heavy atom. The van der Waals surface area contributed by atoms with Crippen LogP contribution in [0.1, 0.15) is 11.3 Å². The quantitative estimate of drug-likeness (QED) is 0.560. The number of pyridine rings is 1. The van der Waals surface area contributed by atoms with Gasteiger partial charge < -0.3 is 10.1 Å². The third-order valence-corrected chi connectivity index (χ3v) is 4.62. The van der Waals surface area contributed by atoms with Crippen molar-refractivity contribution in [2.45, 2.75) is 13.5 Å². The van der Waals surface area contributed by atoms with Crippen LogP contribution in [0, 0.1) is 6.92 Å². The maximum Gasteiger partial charge on any atom is 0.140 e. The summed E-state index contributed by atoms with van der Waals surface area (Å²) in [5.74, 6) is 0. The molecule has 114 valence electrons. The Morgan fingerprint density at radius 3 is 2.65 bits per heavy atom. The fourth-order valence-corrected chi connectivity index (χ4v) is 3.63. The normalized spacial score (nSPS) is 11.4. The molecular formula is C19H16BrN3. The third kappa shape index (κ3) is 2.35. The van der Waals surface area contributed by atoms with Crippen LogP contribution in [-0.4, -0.2) is 9.38 Å². The summed E-state index contributed by atoms with van der Waals surface area (Å²) in [6.45, 7) is 2.51. The Bertz CT molecular complexity index is 1030. The maximum atomic E-state index is 6.04. The number of benzene rings is 2. The summed E-state index contributed by atoms with van der Waals surface area (Å²) in [4.78, 5) is 4.86. The highest BCUT2D eigenvalue weighted by Crippen LogP contribution is 2.29. The average molecular weight is 366 g/mol. The fraction of sp³-hybridized carbons (Fsp3) is 0.105. The summed E-state index contributed by atoms with van der Waals surface area (Å²) in [5, 5.41) is 2.44. The molecule has 0 fully saturated rings. The monoisotopic (exact) mass is 365 g/mol. The van der Waals surface area contributed by atoms with Crippen LogP contribution in [0.25, 0.3) is 27.7 Å². The van der Waals surface area contributed by atoms with E-state index in [1.165, 1.54) is 10.8 Å². The second kappa shape index (κ2) is 5.48. The van der Waals surface area contributed by atoms with Crippen LogP contribution in [0.2, 0.25) is 0 Å². The lowest BCUT2D eigenvalue weighted by atomic mass is 10.0. The van der Waals surface area contributed by atoms with Crippen molar-refractivity contribution in [2.75, 3.05) is 0 Å². The summed E-state index contributed by atoms with van der Waals surface area (Å²) in [5.41, 5.74) is 11.2. The molecule has 0 saturated heterocycles. The van der Waals surface area contributed by atoms with Gasteiger partial charge in [0.15, 0.2) is 0 Å². The molecule has 3 nitrogen and oxygen atoms in total. The zero-order chi connectivity index (χ0) is 16.0. The molecule has 4 rings (SSSR count). The first-order valence-electron chi connectivity index (χ1n) is 7.53. The number of rotatable bonds is 2. The first kappa shape index (κ1) is 14.4. The number of hydrogen-bond acceptors (Lipinski definition) is 2. The summed E-state index contributed by atoms with van der Waals surface area (Å²) in [6, 6.07) is 16.9. The number of aryl methyl sites for hydroxylation is 1. The zero-order valence-electron chi connectivity index (χ0n) is 12.8. The van der Waals surface area contributed by atoms with Crippen molar-refractivity contribution in [1.29, 1.82) is 0 Å². The smallest absolute Gasteiger partial charge is 0.140 e. The van der Waals surface area contributed by atoms with Crippen LogP contribution in [0.3, 0.4) is 0 Å². The van der Waals surface area contributed by atoms with Gasteiger partial charge in [-0.3, -0.25) is 0 Å². The molecule has 0 saturated carbocycles. The van der Waals surface area contributed by atoms with E-state index in [4.69, 9.17) is 10.7 Å². The van der Waals surface area contributed by atoms with E-state index in [1.807, 2.05) is 6.20 Å². The molecule has 0 bridgehead atoms. The molecule has 4 aromatic rings. The molecule has 0 unspecified atom stereocenters. The second-order valence-electron chi connectivity index (χ2n) is 5.71. The van der Waals surface area contributed by atoms with Gasteiger partial charge in [-0.25, -0.2) is 4.98 Å². The van der Waals surface area contributed by atoms with Gasteiger partial charge in [0.1, 0.15) is 5.65 Å². The molecule has 0 amide bonds. The lowest BCUT2D eigenvalue weighted by Crippen LogP contribution is -2.03. The fourth-order valence-electron chi connectivity index (χ4n) is 3.08. The third-order valence-electron chi connectivity index (χ3n) is 4.19. The Morgan fingerprint density at radius 2 is 1.87 bits per heavy atom. The van der Waals surface area contributed by atoms with Crippen LogP contribution in [0.5, 0.6) is 0 Å². The van der Waals surface area contributed by atoms with E-state index < -0.39 is 0 Å². The van der Waals surface area contributed by atoms with Gasteiger partial charge in [0.25, 0.3) is 0 Å². The number of halogens is 1. The summed E-state index contributed by atoms with van der Waals surface area (Å²) >= 11 is 3.56. The molecule has 2 aromatic carbocycles. The lowest BCUT2D eigenvalue weighted by Gasteiger charge is -2.05. The average Bonchev–Trinajstić information content (AvgIpc) is 2.93. The van der Waals surface area contributed by atoms with E-state index in [9.17, 15) is 0 Å². The van der Waals surface area contributed by atoms with Crippen molar-refractivity contribution < 1.29 is 0 Å². The molecule has 0 atom stereocenters. The van der Waals surface area contributed by atoms with Gasteiger partial charge in [-0.15, -0.1) is 0 Å². The van der Waals surface area contributed by atoms with E-state index in [-0.39, 0.29) is 0 Å². The van der Waals surface area contributed by atoms with Crippen LogP contribution in [0.4, 0.5) is 0 Å². The highest BCUT2D eigenvalue weighted by Gasteiger charge is 2.15. The minimum Gasteiger partial charge on any atom is -0.325 e. The number of nitrogens with zero attached hydrogens (tertiary/aromatic N) is 2. The van der Waals surface area contributed by atoms with Crippen molar-refractivity contribution in [3.63, 3.8) is 0 Å². The highest BCUT2D eigenvalue weighted by atomic mass is 79.9. The minimum atomic E-state index is 0.444. The van der Waals surface area contributed by atoms with Crippen LogP contribution >= 0.6 is 15.9 Å². The summed E-state index contributed by atoms with van der Waals surface area (Å²) in [6.07, 6.45) is 2.03. The van der Waals surface area contributed by atoms with Crippen molar-refractivity contribution in [3.8, 4) is 11.3 Å².